The summed E-state index contributed by atoms with van der Waals surface area (Å²) < 4.78 is 38.7. The van der Waals surface area contributed by atoms with E-state index >= 15 is 0 Å². The highest BCUT2D eigenvalue weighted by Gasteiger charge is 2.16. The van der Waals surface area contributed by atoms with Gasteiger partial charge in [0.05, 0.1) is 12.7 Å². The maximum atomic E-state index is 12.3. The number of esters is 1. The van der Waals surface area contributed by atoms with Gasteiger partial charge in [-0.15, -0.1) is 0 Å². The molecule has 0 aromatic heterocycles. The second kappa shape index (κ2) is 9.18. The lowest BCUT2D eigenvalue weighted by molar-refractivity contribution is -0.119. The van der Waals surface area contributed by atoms with Crippen LogP contribution in [0.2, 0.25) is 5.02 Å². The number of ether oxygens (including phenoxy) is 3. The average Bonchev–Trinajstić information content (AvgIpc) is 2.62. The van der Waals surface area contributed by atoms with Crippen molar-refractivity contribution in [1.29, 1.82) is 0 Å². The predicted octanol–water partition coefficient (Wildman–Crippen LogP) is 4.05. The fourth-order valence-electron chi connectivity index (χ4n) is 2.12. The van der Waals surface area contributed by atoms with Crippen molar-refractivity contribution in [2.24, 2.45) is 0 Å². The lowest BCUT2D eigenvalue weighted by Crippen LogP contribution is -2.21. The molecule has 144 valence electrons. The van der Waals surface area contributed by atoms with Crippen LogP contribution < -0.4 is 14.8 Å². The first-order chi connectivity index (χ1) is 12.8. The molecule has 0 heterocycles. The fourth-order valence-corrected chi connectivity index (χ4v) is 2.29. The molecule has 0 saturated carbocycles. The first-order valence-electron chi connectivity index (χ1n) is 7.66. The van der Waals surface area contributed by atoms with Gasteiger partial charge in [-0.1, -0.05) is 17.7 Å². The minimum Gasteiger partial charge on any atom is -0.493 e. The highest BCUT2D eigenvalue weighted by atomic mass is 35.5. The Morgan fingerprint density at radius 3 is 2.56 bits per heavy atom. The Morgan fingerprint density at radius 1 is 1.15 bits per heavy atom. The first-order valence-corrected chi connectivity index (χ1v) is 8.04. The highest BCUT2D eigenvalue weighted by Crippen LogP contribution is 2.29. The Morgan fingerprint density at radius 2 is 1.89 bits per heavy atom. The molecule has 0 fully saturated rings. The van der Waals surface area contributed by atoms with E-state index in [1.807, 2.05) is 0 Å². The van der Waals surface area contributed by atoms with Crippen molar-refractivity contribution < 1.29 is 32.6 Å². The quantitative estimate of drug-likeness (QED) is 0.711. The number of anilines is 1. The predicted molar refractivity (Wildman–Crippen MR) is 94.7 cm³/mol. The third-order valence-electron chi connectivity index (χ3n) is 3.42. The number of nitrogens with one attached hydrogen (secondary N) is 1. The van der Waals surface area contributed by atoms with Gasteiger partial charge in [-0.25, -0.2) is 4.79 Å². The van der Waals surface area contributed by atoms with E-state index in [9.17, 15) is 18.4 Å². The standard InChI is InChI=1S/C18H16ClF2NO5/c1-10-3-5-12(19)8-13(10)22-16(23)9-26-17(24)11-4-6-14(27-18(20)21)15(7-11)25-2/h3-8,18H,9H2,1-2H3,(H,22,23). The molecule has 1 amide bonds. The third kappa shape index (κ3) is 5.82. The zero-order chi connectivity index (χ0) is 20.0. The van der Waals surface area contributed by atoms with Gasteiger partial charge in [-0.3, -0.25) is 4.79 Å². The topological polar surface area (TPSA) is 73.9 Å². The summed E-state index contributed by atoms with van der Waals surface area (Å²) in [5.41, 5.74) is 1.30. The van der Waals surface area contributed by atoms with Crippen LogP contribution >= 0.6 is 11.6 Å². The van der Waals surface area contributed by atoms with Crippen LogP contribution in [0.4, 0.5) is 14.5 Å². The summed E-state index contributed by atoms with van der Waals surface area (Å²) in [5.74, 6) is -1.67. The second-order valence-corrected chi connectivity index (χ2v) is 5.76. The van der Waals surface area contributed by atoms with Crippen LogP contribution in [-0.4, -0.2) is 32.2 Å². The van der Waals surface area contributed by atoms with E-state index in [4.69, 9.17) is 21.1 Å². The molecule has 1 N–H and O–H groups in total. The number of hydrogen-bond donors (Lipinski definition) is 1. The summed E-state index contributed by atoms with van der Waals surface area (Å²) in [7, 11) is 1.24. The molecule has 0 aliphatic carbocycles. The van der Waals surface area contributed by atoms with Crippen LogP contribution in [0.15, 0.2) is 36.4 Å². The molecule has 6 nitrogen and oxygen atoms in total. The molecule has 2 aromatic carbocycles. The monoisotopic (exact) mass is 399 g/mol. The second-order valence-electron chi connectivity index (χ2n) is 5.33. The zero-order valence-electron chi connectivity index (χ0n) is 14.4. The zero-order valence-corrected chi connectivity index (χ0v) is 15.2. The van der Waals surface area contributed by atoms with Crippen LogP contribution in [-0.2, 0) is 9.53 Å². The van der Waals surface area contributed by atoms with E-state index in [0.29, 0.717) is 10.7 Å². The average molecular weight is 400 g/mol. The molecule has 9 heteroatoms. The van der Waals surface area contributed by atoms with Crippen molar-refractivity contribution in [3.63, 3.8) is 0 Å². The Balaban J connectivity index is 1.98. The van der Waals surface area contributed by atoms with Gasteiger partial charge in [0.15, 0.2) is 18.1 Å². The summed E-state index contributed by atoms with van der Waals surface area (Å²) in [5, 5.41) is 3.03. The van der Waals surface area contributed by atoms with Crippen LogP contribution in [0.1, 0.15) is 15.9 Å². The van der Waals surface area contributed by atoms with Crippen LogP contribution in [0, 0.1) is 6.92 Å². The van der Waals surface area contributed by atoms with Crippen LogP contribution in [0.25, 0.3) is 0 Å². The van der Waals surface area contributed by atoms with Gasteiger partial charge in [-0.2, -0.15) is 8.78 Å². The lowest BCUT2D eigenvalue weighted by Gasteiger charge is -2.12. The molecule has 0 saturated heterocycles. The van der Waals surface area contributed by atoms with Gasteiger partial charge in [0.1, 0.15) is 0 Å². The van der Waals surface area contributed by atoms with Crippen LogP contribution in [0.3, 0.4) is 0 Å². The maximum absolute atomic E-state index is 12.3. The fraction of sp³-hybridized carbons (Fsp3) is 0.222. The molecule has 0 aliphatic rings. The summed E-state index contributed by atoms with van der Waals surface area (Å²) in [6, 6.07) is 8.54. The lowest BCUT2D eigenvalue weighted by atomic mass is 10.2. The van der Waals surface area contributed by atoms with Crippen molar-refractivity contribution in [3.05, 3.63) is 52.5 Å². The summed E-state index contributed by atoms with van der Waals surface area (Å²) in [6.45, 7) is -1.79. The Labute approximate surface area is 159 Å². The molecular formula is C18H16ClF2NO5. The van der Waals surface area contributed by atoms with E-state index in [2.05, 4.69) is 10.1 Å². The van der Waals surface area contributed by atoms with Crippen molar-refractivity contribution in [3.8, 4) is 11.5 Å². The molecule has 0 bridgehead atoms. The number of carbonyl (C=O) groups is 2. The minimum atomic E-state index is -3.03. The third-order valence-corrected chi connectivity index (χ3v) is 3.66. The number of carbonyl (C=O) groups excluding carboxylic acids is 2. The van der Waals surface area contributed by atoms with E-state index in [-0.39, 0.29) is 17.1 Å². The van der Waals surface area contributed by atoms with Gasteiger partial charge in [-0.05, 0) is 42.8 Å². The molecule has 0 aliphatic heterocycles. The number of methoxy groups -OCH3 is 1. The number of halogens is 3. The van der Waals surface area contributed by atoms with Gasteiger partial charge >= 0.3 is 12.6 Å². The summed E-state index contributed by atoms with van der Waals surface area (Å²) in [6.07, 6.45) is 0. The Hall–Kier alpha value is -2.87. The van der Waals surface area contributed by atoms with Crippen molar-refractivity contribution >= 4 is 29.2 Å². The molecule has 0 atom stereocenters. The van der Waals surface area contributed by atoms with Gasteiger partial charge in [0, 0.05) is 10.7 Å². The van der Waals surface area contributed by atoms with E-state index in [1.54, 1.807) is 25.1 Å². The Bertz CT molecular complexity index is 844. The molecule has 2 aromatic rings. The maximum Gasteiger partial charge on any atom is 0.387 e. The van der Waals surface area contributed by atoms with Crippen molar-refractivity contribution in [1.82, 2.24) is 0 Å². The van der Waals surface area contributed by atoms with Crippen molar-refractivity contribution in [2.45, 2.75) is 13.5 Å². The minimum absolute atomic E-state index is 0.0141. The van der Waals surface area contributed by atoms with Crippen molar-refractivity contribution in [2.75, 3.05) is 19.0 Å². The largest absolute Gasteiger partial charge is 0.493 e. The van der Waals surface area contributed by atoms with Gasteiger partial charge < -0.3 is 19.5 Å². The SMILES string of the molecule is COc1cc(C(=O)OCC(=O)Nc2cc(Cl)ccc2C)ccc1OC(F)F. The first kappa shape index (κ1) is 20.4. The van der Waals surface area contributed by atoms with E-state index < -0.39 is 25.1 Å². The normalized spacial score (nSPS) is 10.4. The van der Waals surface area contributed by atoms with Gasteiger partial charge in [0.25, 0.3) is 5.91 Å². The Kier molecular flexibility index (Phi) is 6.95. The highest BCUT2D eigenvalue weighted by molar-refractivity contribution is 6.31. The summed E-state index contributed by atoms with van der Waals surface area (Å²) in [4.78, 5) is 24.0. The van der Waals surface area contributed by atoms with Gasteiger partial charge in [0.2, 0.25) is 0 Å². The molecule has 2 rings (SSSR count). The molecule has 0 spiro atoms. The number of rotatable bonds is 7. The number of hydrogen-bond acceptors (Lipinski definition) is 5. The van der Waals surface area contributed by atoms with E-state index in [0.717, 1.165) is 11.6 Å². The molecular weight excluding hydrogens is 384 g/mol. The molecule has 27 heavy (non-hydrogen) atoms. The summed E-state index contributed by atoms with van der Waals surface area (Å²) >= 11 is 5.87. The van der Waals surface area contributed by atoms with Crippen LogP contribution in [0.5, 0.6) is 11.5 Å². The van der Waals surface area contributed by atoms with E-state index in [1.165, 1.54) is 19.2 Å². The molecule has 0 unspecified atom stereocenters. The number of benzene rings is 2. The smallest absolute Gasteiger partial charge is 0.387 e. The number of amides is 1. The number of aryl methyl sites for hydroxylation is 1. The number of alkyl halides is 2. The molecule has 0 radical (unpaired) electrons.